The number of rotatable bonds is 6. The summed E-state index contributed by atoms with van der Waals surface area (Å²) in [4.78, 5) is 40.1. The first kappa shape index (κ1) is 23.3. The Hall–Kier alpha value is -2.41. The molecule has 7 nitrogen and oxygen atoms in total. The third kappa shape index (κ3) is 5.45. The van der Waals surface area contributed by atoms with Gasteiger partial charge < -0.3 is 15.2 Å². The highest BCUT2D eigenvalue weighted by Crippen LogP contribution is 2.48. The zero-order valence-corrected chi connectivity index (χ0v) is 18.9. The quantitative estimate of drug-likeness (QED) is 0.546. The summed E-state index contributed by atoms with van der Waals surface area (Å²) in [5.41, 5.74) is 5.78. The maximum atomic E-state index is 13.4. The molecule has 1 aromatic rings. The van der Waals surface area contributed by atoms with Gasteiger partial charge in [0.25, 0.3) is 0 Å². The van der Waals surface area contributed by atoms with Crippen LogP contribution in [0.3, 0.4) is 0 Å². The first-order valence-electron chi connectivity index (χ1n) is 11.1. The summed E-state index contributed by atoms with van der Waals surface area (Å²) in [6.07, 6.45) is 3.53. The zero-order chi connectivity index (χ0) is 22.8. The summed E-state index contributed by atoms with van der Waals surface area (Å²) in [6.45, 7) is 7.16. The normalized spacial score (nSPS) is 24.4. The van der Waals surface area contributed by atoms with Crippen molar-refractivity contribution in [3.63, 3.8) is 0 Å². The van der Waals surface area contributed by atoms with Crippen LogP contribution in [-0.2, 0) is 25.7 Å². The van der Waals surface area contributed by atoms with Crippen molar-refractivity contribution in [3.8, 4) is 0 Å². The topological polar surface area (TPSA) is 98.9 Å². The largest absolute Gasteiger partial charge is 0.445 e. The lowest BCUT2D eigenvalue weighted by Gasteiger charge is -2.43. The van der Waals surface area contributed by atoms with Crippen LogP contribution in [0.4, 0.5) is 4.79 Å². The molecular weight excluding hydrogens is 396 g/mol. The van der Waals surface area contributed by atoms with Crippen molar-refractivity contribution < 1.29 is 23.9 Å². The van der Waals surface area contributed by atoms with Gasteiger partial charge in [-0.1, -0.05) is 57.5 Å². The maximum absolute atomic E-state index is 13.4. The van der Waals surface area contributed by atoms with E-state index in [1.807, 2.05) is 51.1 Å². The molecule has 2 bridgehead atoms. The Kier molecular flexibility index (Phi) is 7.04. The summed E-state index contributed by atoms with van der Waals surface area (Å²) < 4.78 is 10.7. The molecule has 2 saturated carbocycles. The van der Waals surface area contributed by atoms with E-state index >= 15 is 0 Å². The van der Waals surface area contributed by atoms with Crippen LogP contribution in [0.15, 0.2) is 30.3 Å². The fourth-order valence-corrected chi connectivity index (χ4v) is 4.91. The lowest BCUT2D eigenvalue weighted by Crippen LogP contribution is -2.58. The number of carbonyl (C=O) groups is 3. The Morgan fingerprint density at radius 3 is 2.29 bits per heavy atom. The molecule has 0 saturated heterocycles. The second-order valence-electron chi connectivity index (χ2n) is 9.99. The summed E-state index contributed by atoms with van der Waals surface area (Å²) in [6, 6.07) is 7.43. The van der Waals surface area contributed by atoms with Gasteiger partial charge in [0.2, 0.25) is 0 Å². The van der Waals surface area contributed by atoms with Gasteiger partial charge in [0, 0.05) is 6.04 Å². The smallest absolute Gasteiger partial charge is 0.411 e. The van der Waals surface area contributed by atoms with Crippen LogP contribution in [0, 0.1) is 17.3 Å². The maximum Gasteiger partial charge on any atom is 0.411 e. The van der Waals surface area contributed by atoms with E-state index in [0.29, 0.717) is 11.8 Å². The van der Waals surface area contributed by atoms with E-state index in [-0.39, 0.29) is 12.6 Å². The molecule has 0 aliphatic heterocycles. The van der Waals surface area contributed by atoms with Crippen molar-refractivity contribution in [2.24, 2.45) is 23.0 Å². The van der Waals surface area contributed by atoms with E-state index in [9.17, 15) is 14.4 Å². The van der Waals surface area contributed by atoms with Gasteiger partial charge in [-0.2, -0.15) is 0 Å². The average molecular weight is 431 g/mol. The lowest BCUT2D eigenvalue weighted by atomic mass is 9.83. The predicted octanol–water partition coefficient (Wildman–Crippen LogP) is 3.65. The van der Waals surface area contributed by atoms with E-state index in [0.717, 1.165) is 31.2 Å². The lowest BCUT2D eigenvalue weighted by molar-refractivity contribution is -0.167. The number of hydrogen-bond donors (Lipinski definition) is 1. The van der Waals surface area contributed by atoms with Crippen molar-refractivity contribution >= 4 is 18.0 Å². The Bertz CT molecular complexity index is 802. The SMILES string of the molecule is C[C@H](N)C(=O)OC(=O)C(N(C(=O)OCc1ccccc1)C1CC2CCC1C2)C(C)(C)C. The average Bonchev–Trinajstić information content (AvgIpc) is 3.33. The number of nitrogens with two attached hydrogens (primary N) is 1. The van der Waals surface area contributed by atoms with Crippen molar-refractivity contribution in [1.82, 2.24) is 4.90 Å². The standard InChI is InChI=1S/C24H34N2O5/c1-15(25)21(27)31-22(28)20(24(2,3)4)26(19-13-17-10-11-18(19)12-17)23(29)30-14-16-8-6-5-7-9-16/h5-9,15,17-20H,10-14,25H2,1-4H3/t15-,17?,18?,19?,20?/m0/s1. The fourth-order valence-electron chi connectivity index (χ4n) is 4.91. The third-order valence-electron chi connectivity index (χ3n) is 6.37. The van der Waals surface area contributed by atoms with E-state index in [1.54, 1.807) is 4.90 Å². The highest BCUT2D eigenvalue weighted by Gasteiger charge is 2.51. The Morgan fingerprint density at radius 2 is 1.77 bits per heavy atom. The van der Waals surface area contributed by atoms with E-state index in [4.69, 9.17) is 15.2 Å². The molecule has 4 unspecified atom stereocenters. The number of amides is 1. The molecule has 170 valence electrons. The van der Waals surface area contributed by atoms with Crippen LogP contribution in [0.5, 0.6) is 0 Å². The molecule has 2 fully saturated rings. The van der Waals surface area contributed by atoms with Crippen molar-refractivity contribution in [1.29, 1.82) is 0 Å². The zero-order valence-electron chi connectivity index (χ0n) is 18.9. The molecule has 7 heteroatoms. The minimum Gasteiger partial charge on any atom is -0.445 e. The van der Waals surface area contributed by atoms with Crippen LogP contribution in [0.1, 0.15) is 58.9 Å². The summed E-state index contributed by atoms with van der Waals surface area (Å²) in [5.74, 6) is -0.670. The van der Waals surface area contributed by atoms with Crippen LogP contribution in [0.25, 0.3) is 0 Å². The Labute approximate surface area is 184 Å². The van der Waals surface area contributed by atoms with Crippen LogP contribution in [0.2, 0.25) is 0 Å². The van der Waals surface area contributed by atoms with Gasteiger partial charge in [0.1, 0.15) is 18.7 Å². The number of carbonyl (C=O) groups excluding carboxylic acids is 3. The molecule has 1 aromatic carbocycles. The minimum absolute atomic E-state index is 0.107. The van der Waals surface area contributed by atoms with Crippen LogP contribution >= 0.6 is 0 Å². The fraction of sp³-hybridized carbons (Fsp3) is 0.625. The van der Waals surface area contributed by atoms with E-state index < -0.39 is 35.5 Å². The molecule has 3 rings (SSSR count). The van der Waals surface area contributed by atoms with Gasteiger partial charge >= 0.3 is 18.0 Å². The second-order valence-corrected chi connectivity index (χ2v) is 9.99. The number of ether oxygens (including phenoxy) is 2. The molecule has 0 aromatic heterocycles. The molecular formula is C24H34N2O5. The number of fused-ring (bicyclic) bond motifs is 2. The number of esters is 2. The molecule has 2 aliphatic carbocycles. The number of nitrogens with zero attached hydrogens (tertiary/aromatic N) is 1. The van der Waals surface area contributed by atoms with E-state index in [1.165, 1.54) is 6.92 Å². The molecule has 0 spiro atoms. The van der Waals surface area contributed by atoms with Crippen molar-refractivity contribution in [3.05, 3.63) is 35.9 Å². The van der Waals surface area contributed by atoms with Gasteiger partial charge in [-0.15, -0.1) is 0 Å². The van der Waals surface area contributed by atoms with Gasteiger partial charge in [0.15, 0.2) is 0 Å². The first-order chi connectivity index (χ1) is 14.6. The molecule has 0 radical (unpaired) electrons. The number of benzene rings is 1. The molecule has 0 heterocycles. The molecule has 5 atom stereocenters. The van der Waals surface area contributed by atoms with Gasteiger partial charge in [-0.05, 0) is 49.0 Å². The minimum atomic E-state index is -0.956. The van der Waals surface area contributed by atoms with Gasteiger partial charge in [-0.3, -0.25) is 4.90 Å². The second kappa shape index (κ2) is 9.39. The first-order valence-corrected chi connectivity index (χ1v) is 11.1. The predicted molar refractivity (Wildman–Crippen MR) is 116 cm³/mol. The van der Waals surface area contributed by atoms with Crippen molar-refractivity contribution in [2.45, 2.75) is 78.1 Å². The summed E-state index contributed by atoms with van der Waals surface area (Å²) in [7, 11) is 0. The van der Waals surface area contributed by atoms with E-state index in [2.05, 4.69) is 0 Å². The molecule has 2 aliphatic rings. The van der Waals surface area contributed by atoms with Crippen LogP contribution in [-0.4, -0.2) is 41.1 Å². The highest BCUT2D eigenvalue weighted by atomic mass is 16.6. The van der Waals surface area contributed by atoms with Crippen LogP contribution < -0.4 is 5.73 Å². The Balaban J connectivity index is 1.87. The highest BCUT2D eigenvalue weighted by molar-refractivity contribution is 5.92. The monoisotopic (exact) mass is 430 g/mol. The van der Waals surface area contributed by atoms with Gasteiger partial charge in [0.05, 0.1) is 0 Å². The van der Waals surface area contributed by atoms with Crippen molar-refractivity contribution in [2.75, 3.05) is 0 Å². The van der Waals surface area contributed by atoms with Gasteiger partial charge in [-0.25, -0.2) is 14.4 Å². The molecule has 2 N–H and O–H groups in total. The molecule has 31 heavy (non-hydrogen) atoms. The molecule has 1 amide bonds. The number of hydrogen-bond acceptors (Lipinski definition) is 6. The Morgan fingerprint density at radius 1 is 1.10 bits per heavy atom. The summed E-state index contributed by atoms with van der Waals surface area (Å²) in [5, 5.41) is 0. The summed E-state index contributed by atoms with van der Waals surface area (Å²) >= 11 is 0. The third-order valence-corrected chi connectivity index (χ3v) is 6.37.